The van der Waals surface area contributed by atoms with Crippen LogP contribution in [0.15, 0.2) is 60.7 Å². The molecule has 0 saturated carbocycles. The van der Waals surface area contributed by atoms with Crippen LogP contribution in [-0.2, 0) is 4.79 Å². The van der Waals surface area contributed by atoms with Crippen molar-refractivity contribution in [3.63, 3.8) is 0 Å². The van der Waals surface area contributed by atoms with Gasteiger partial charge in [-0.2, -0.15) is 0 Å². The number of fused-ring (bicyclic) bond motifs is 1. The van der Waals surface area contributed by atoms with Crippen molar-refractivity contribution in [2.75, 3.05) is 42.6 Å². The van der Waals surface area contributed by atoms with E-state index in [0.29, 0.717) is 43.3 Å². The standard InChI is InChI=1S/C28H30N2O5/c1-19-16-20(2)26(21(3)17-19)30(28(33)22-8-5-4-6-9-22)13-12-29-14-15-34-27-23(29)10-7-11-24(27)35-18-25(31)32/h4-11,16-17H,12-15,18H2,1-3H3,(H,31,32). The molecule has 3 aromatic rings. The Morgan fingerprint density at radius 1 is 1.03 bits per heavy atom. The van der Waals surface area contributed by atoms with Gasteiger partial charge in [-0.1, -0.05) is 42.0 Å². The van der Waals surface area contributed by atoms with Crippen LogP contribution < -0.4 is 19.3 Å². The lowest BCUT2D eigenvalue weighted by atomic mass is 10.0. The molecule has 0 saturated heterocycles. The molecule has 0 spiro atoms. The van der Waals surface area contributed by atoms with Gasteiger partial charge in [-0.25, -0.2) is 4.79 Å². The second-order valence-electron chi connectivity index (χ2n) is 8.69. The molecule has 35 heavy (non-hydrogen) atoms. The van der Waals surface area contributed by atoms with Crippen LogP contribution in [0.1, 0.15) is 27.0 Å². The van der Waals surface area contributed by atoms with E-state index in [0.717, 1.165) is 28.1 Å². The third kappa shape index (κ3) is 5.40. The molecule has 0 unspecified atom stereocenters. The molecule has 0 bridgehead atoms. The molecule has 1 aliphatic rings. The first-order chi connectivity index (χ1) is 16.8. The highest BCUT2D eigenvalue weighted by molar-refractivity contribution is 6.07. The summed E-state index contributed by atoms with van der Waals surface area (Å²) >= 11 is 0. The van der Waals surface area contributed by atoms with Crippen LogP contribution in [0.2, 0.25) is 0 Å². The van der Waals surface area contributed by atoms with E-state index in [2.05, 4.69) is 24.0 Å². The summed E-state index contributed by atoms with van der Waals surface area (Å²) in [5, 5.41) is 8.98. The summed E-state index contributed by atoms with van der Waals surface area (Å²) in [6.45, 7) is 7.83. The molecule has 0 fully saturated rings. The topological polar surface area (TPSA) is 79.3 Å². The van der Waals surface area contributed by atoms with Crippen LogP contribution in [0, 0.1) is 20.8 Å². The Bertz CT molecular complexity index is 1200. The van der Waals surface area contributed by atoms with E-state index in [1.54, 1.807) is 6.07 Å². The number of carboxylic acid groups (broad SMARTS) is 1. The van der Waals surface area contributed by atoms with E-state index in [4.69, 9.17) is 14.6 Å². The van der Waals surface area contributed by atoms with Gasteiger partial charge in [0.2, 0.25) is 0 Å². The molecule has 1 aliphatic heterocycles. The summed E-state index contributed by atoms with van der Waals surface area (Å²) < 4.78 is 11.3. The van der Waals surface area contributed by atoms with Crippen molar-refractivity contribution in [3.8, 4) is 11.5 Å². The van der Waals surface area contributed by atoms with Crippen LogP contribution >= 0.6 is 0 Å². The van der Waals surface area contributed by atoms with E-state index >= 15 is 0 Å². The number of para-hydroxylation sites is 1. The minimum atomic E-state index is -1.05. The lowest BCUT2D eigenvalue weighted by Gasteiger charge is -2.34. The Hall–Kier alpha value is -4.00. The van der Waals surface area contributed by atoms with Crippen molar-refractivity contribution in [2.45, 2.75) is 20.8 Å². The summed E-state index contributed by atoms with van der Waals surface area (Å²) in [5.74, 6) is -0.164. The van der Waals surface area contributed by atoms with Gasteiger partial charge < -0.3 is 24.4 Å². The molecular formula is C28H30N2O5. The van der Waals surface area contributed by atoms with Crippen molar-refractivity contribution in [2.24, 2.45) is 0 Å². The first-order valence-corrected chi connectivity index (χ1v) is 11.6. The number of hydrogen-bond acceptors (Lipinski definition) is 5. The summed E-state index contributed by atoms with van der Waals surface area (Å²) in [4.78, 5) is 28.6. The van der Waals surface area contributed by atoms with Crippen LogP contribution in [0.3, 0.4) is 0 Å². The maximum absolute atomic E-state index is 13.7. The number of amides is 1. The minimum Gasteiger partial charge on any atom is -0.486 e. The molecule has 1 N–H and O–H groups in total. The molecule has 182 valence electrons. The minimum absolute atomic E-state index is 0.0484. The molecule has 4 rings (SSSR count). The second kappa shape index (κ2) is 10.5. The number of anilines is 2. The van der Waals surface area contributed by atoms with Gasteiger partial charge in [-0.15, -0.1) is 0 Å². The average molecular weight is 475 g/mol. The van der Waals surface area contributed by atoms with E-state index < -0.39 is 12.6 Å². The number of nitrogens with zero attached hydrogens (tertiary/aromatic N) is 2. The first kappa shape index (κ1) is 24.1. The van der Waals surface area contributed by atoms with Crippen molar-refractivity contribution in [3.05, 3.63) is 82.9 Å². The summed E-state index contributed by atoms with van der Waals surface area (Å²) in [6, 6.07) is 19.0. The average Bonchev–Trinajstić information content (AvgIpc) is 2.84. The number of carbonyl (C=O) groups is 2. The molecule has 7 heteroatoms. The maximum Gasteiger partial charge on any atom is 0.341 e. The van der Waals surface area contributed by atoms with Gasteiger partial charge in [0.15, 0.2) is 18.1 Å². The smallest absolute Gasteiger partial charge is 0.341 e. The number of carbonyl (C=O) groups excluding carboxylic acids is 1. The zero-order valence-electron chi connectivity index (χ0n) is 20.3. The van der Waals surface area contributed by atoms with Crippen LogP contribution in [0.5, 0.6) is 11.5 Å². The molecule has 0 aromatic heterocycles. The Balaban J connectivity index is 1.63. The third-order valence-electron chi connectivity index (χ3n) is 6.02. The molecule has 0 atom stereocenters. The van der Waals surface area contributed by atoms with Gasteiger partial charge in [-0.3, -0.25) is 4.79 Å². The lowest BCUT2D eigenvalue weighted by Crippen LogP contribution is -2.42. The monoisotopic (exact) mass is 474 g/mol. The van der Waals surface area contributed by atoms with Gasteiger partial charge in [-0.05, 0) is 56.2 Å². The fraction of sp³-hybridized carbons (Fsp3) is 0.286. The summed E-state index contributed by atoms with van der Waals surface area (Å²) in [7, 11) is 0. The second-order valence-corrected chi connectivity index (χ2v) is 8.69. The van der Waals surface area contributed by atoms with Gasteiger partial charge in [0, 0.05) is 24.3 Å². The largest absolute Gasteiger partial charge is 0.486 e. The highest BCUT2D eigenvalue weighted by Gasteiger charge is 2.26. The number of aliphatic carboxylic acids is 1. The van der Waals surface area contributed by atoms with E-state index in [1.807, 2.05) is 61.2 Å². The van der Waals surface area contributed by atoms with Gasteiger partial charge in [0.25, 0.3) is 5.91 Å². The fourth-order valence-electron chi connectivity index (χ4n) is 4.63. The number of ether oxygens (including phenoxy) is 2. The molecule has 1 amide bonds. The third-order valence-corrected chi connectivity index (χ3v) is 6.02. The Morgan fingerprint density at radius 2 is 1.74 bits per heavy atom. The zero-order chi connectivity index (χ0) is 24.9. The number of aryl methyl sites for hydroxylation is 3. The van der Waals surface area contributed by atoms with Gasteiger partial charge in [0.1, 0.15) is 6.61 Å². The zero-order valence-corrected chi connectivity index (χ0v) is 20.3. The van der Waals surface area contributed by atoms with Gasteiger partial charge in [0.05, 0.1) is 12.2 Å². The van der Waals surface area contributed by atoms with E-state index in [9.17, 15) is 9.59 Å². The van der Waals surface area contributed by atoms with Crippen LogP contribution in [0.25, 0.3) is 0 Å². The summed E-state index contributed by atoms with van der Waals surface area (Å²) in [5.41, 5.74) is 5.66. The molecule has 1 heterocycles. The predicted molar refractivity (Wildman–Crippen MR) is 136 cm³/mol. The molecule has 7 nitrogen and oxygen atoms in total. The van der Waals surface area contributed by atoms with Crippen molar-refractivity contribution in [1.29, 1.82) is 0 Å². The lowest BCUT2D eigenvalue weighted by molar-refractivity contribution is -0.139. The highest BCUT2D eigenvalue weighted by Crippen LogP contribution is 2.40. The Kier molecular flexibility index (Phi) is 7.25. The Labute approximate surface area is 205 Å². The van der Waals surface area contributed by atoms with Crippen LogP contribution in [-0.4, -0.2) is 49.8 Å². The van der Waals surface area contributed by atoms with Crippen LogP contribution in [0.4, 0.5) is 11.4 Å². The maximum atomic E-state index is 13.7. The van der Waals surface area contributed by atoms with Crippen molar-refractivity contribution >= 4 is 23.3 Å². The number of benzene rings is 3. The molecule has 0 radical (unpaired) electrons. The molecular weight excluding hydrogens is 444 g/mol. The number of rotatable bonds is 8. The van der Waals surface area contributed by atoms with E-state index in [1.165, 1.54) is 0 Å². The van der Waals surface area contributed by atoms with Gasteiger partial charge >= 0.3 is 5.97 Å². The van der Waals surface area contributed by atoms with Crippen molar-refractivity contribution in [1.82, 2.24) is 0 Å². The number of carboxylic acids is 1. The SMILES string of the molecule is Cc1cc(C)c(N(CCN2CCOc3c(OCC(=O)O)cccc32)C(=O)c2ccccc2)c(C)c1. The number of hydrogen-bond donors (Lipinski definition) is 1. The summed E-state index contributed by atoms with van der Waals surface area (Å²) in [6.07, 6.45) is 0. The highest BCUT2D eigenvalue weighted by atomic mass is 16.5. The Morgan fingerprint density at radius 3 is 2.43 bits per heavy atom. The predicted octanol–water partition coefficient (Wildman–Crippen LogP) is 4.62. The molecule has 0 aliphatic carbocycles. The first-order valence-electron chi connectivity index (χ1n) is 11.6. The normalized spacial score (nSPS) is 12.5. The quantitative estimate of drug-likeness (QED) is 0.513. The van der Waals surface area contributed by atoms with E-state index in [-0.39, 0.29) is 5.91 Å². The fourth-order valence-corrected chi connectivity index (χ4v) is 4.63. The molecule has 3 aromatic carbocycles. The van der Waals surface area contributed by atoms with Crippen molar-refractivity contribution < 1.29 is 24.2 Å².